The van der Waals surface area contributed by atoms with Gasteiger partial charge in [-0.05, 0) is 24.3 Å². The Labute approximate surface area is 188 Å². The van der Waals surface area contributed by atoms with Crippen LogP contribution in [0.15, 0.2) is 47.8 Å². The molecule has 0 spiro atoms. The maximum atomic E-state index is 12.7. The molecule has 1 heterocycles. The molecule has 0 aliphatic heterocycles. The molecule has 1 aromatic heterocycles. The Morgan fingerprint density at radius 3 is 2.41 bits per heavy atom. The zero-order chi connectivity index (χ0) is 23.7. The summed E-state index contributed by atoms with van der Waals surface area (Å²) in [6.07, 6.45) is -4.48. The number of hydrogen-bond donors (Lipinski definition) is 3. The molecule has 0 unspecified atom stereocenters. The Kier molecular flexibility index (Phi) is 9.03. The first-order valence-electron chi connectivity index (χ1n) is 9.79. The van der Waals surface area contributed by atoms with Gasteiger partial charge in [0, 0.05) is 29.2 Å². The average molecular weight is 468 g/mol. The van der Waals surface area contributed by atoms with E-state index in [0.29, 0.717) is 39.6 Å². The minimum Gasteiger partial charge on any atom is -0.497 e. The van der Waals surface area contributed by atoms with Crippen molar-refractivity contribution in [3.63, 3.8) is 0 Å². The summed E-state index contributed by atoms with van der Waals surface area (Å²) in [5, 5.41) is 15.2. The standard InChI is InChI=1S/C20H18F3N3O3S.C2H6/c1-29-14-6-7-15(16(10-14)24-8-9-27)18(28)25-13-4-2-12(3-5-13)17-11-30-19(26-17)20(21,22)23;1-2/h2-7,10-11,24,27H,8-9H2,1H3,(H,25,28);1-2H3. The molecule has 0 saturated carbocycles. The van der Waals surface area contributed by atoms with E-state index in [-0.39, 0.29) is 24.8 Å². The third kappa shape index (κ3) is 6.44. The number of halogens is 3. The van der Waals surface area contributed by atoms with E-state index in [1.54, 1.807) is 42.5 Å². The topological polar surface area (TPSA) is 83.5 Å². The molecule has 2 aromatic carbocycles. The van der Waals surface area contributed by atoms with Crippen molar-refractivity contribution in [2.75, 3.05) is 30.9 Å². The Balaban J connectivity index is 0.00000176. The molecule has 1 amide bonds. The summed E-state index contributed by atoms with van der Waals surface area (Å²) in [6.45, 7) is 4.15. The summed E-state index contributed by atoms with van der Waals surface area (Å²) in [6, 6.07) is 11.2. The number of aliphatic hydroxyl groups excluding tert-OH is 1. The van der Waals surface area contributed by atoms with Crippen LogP contribution in [0.3, 0.4) is 0 Å². The summed E-state index contributed by atoms with van der Waals surface area (Å²) >= 11 is 0.534. The fourth-order valence-electron chi connectivity index (χ4n) is 2.64. The van der Waals surface area contributed by atoms with E-state index in [4.69, 9.17) is 9.84 Å². The van der Waals surface area contributed by atoms with Crippen LogP contribution >= 0.6 is 11.3 Å². The SMILES string of the molecule is CC.COc1ccc(C(=O)Nc2ccc(-c3csc(C(F)(F)F)n3)cc2)c(NCCO)c1. The number of hydrogen-bond acceptors (Lipinski definition) is 6. The van der Waals surface area contributed by atoms with Crippen LogP contribution in [-0.2, 0) is 6.18 Å². The molecule has 6 nitrogen and oxygen atoms in total. The Bertz CT molecular complexity index is 1020. The predicted molar refractivity (Wildman–Crippen MR) is 120 cm³/mol. The van der Waals surface area contributed by atoms with Gasteiger partial charge < -0.3 is 20.5 Å². The normalized spacial score (nSPS) is 10.7. The minimum absolute atomic E-state index is 0.105. The number of ether oxygens (including phenoxy) is 1. The highest BCUT2D eigenvalue weighted by molar-refractivity contribution is 7.10. The second-order valence-corrected chi connectivity index (χ2v) is 6.99. The van der Waals surface area contributed by atoms with Crippen molar-refractivity contribution < 1.29 is 27.8 Å². The number of nitrogens with zero attached hydrogens (tertiary/aromatic N) is 1. The van der Waals surface area contributed by atoms with Crippen molar-refractivity contribution in [3.8, 4) is 17.0 Å². The molecular formula is C22H24F3N3O3S. The van der Waals surface area contributed by atoms with E-state index in [1.807, 2.05) is 13.8 Å². The third-order valence-corrected chi connectivity index (χ3v) is 4.97. The number of thiazole rings is 1. The molecule has 0 aliphatic rings. The van der Waals surface area contributed by atoms with Crippen LogP contribution in [0.5, 0.6) is 5.75 Å². The average Bonchev–Trinajstić information content (AvgIpc) is 3.30. The van der Waals surface area contributed by atoms with Crippen LogP contribution in [0.1, 0.15) is 29.2 Å². The second-order valence-electron chi connectivity index (χ2n) is 6.13. The summed E-state index contributed by atoms with van der Waals surface area (Å²) in [5.74, 6) is 0.164. The van der Waals surface area contributed by atoms with Gasteiger partial charge in [-0.3, -0.25) is 4.79 Å². The van der Waals surface area contributed by atoms with E-state index in [1.165, 1.54) is 12.5 Å². The number of anilines is 2. The first-order valence-corrected chi connectivity index (χ1v) is 10.7. The van der Waals surface area contributed by atoms with Crippen LogP contribution < -0.4 is 15.4 Å². The van der Waals surface area contributed by atoms with Crippen LogP contribution in [-0.4, -0.2) is 36.3 Å². The number of aliphatic hydroxyl groups is 1. The lowest BCUT2D eigenvalue weighted by atomic mass is 10.1. The highest BCUT2D eigenvalue weighted by Gasteiger charge is 2.34. The van der Waals surface area contributed by atoms with Gasteiger partial charge in [0.2, 0.25) is 0 Å². The number of rotatable bonds is 7. The lowest BCUT2D eigenvalue weighted by molar-refractivity contribution is -0.137. The van der Waals surface area contributed by atoms with Gasteiger partial charge >= 0.3 is 6.18 Å². The van der Waals surface area contributed by atoms with Crippen molar-refractivity contribution in [1.29, 1.82) is 0 Å². The van der Waals surface area contributed by atoms with E-state index in [2.05, 4.69) is 15.6 Å². The van der Waals surface area contributed by atoms with E-state index in [9.17, 15) is 18.0 Å². The predicted octanol–water partition coefficient (Wildman–Crippen LogP) is 5.52. The van der Waals surface area contributed by atoms with Crippen LogP contribution in [0.25, 0.3) is 11.3 Å². The number of nitrogens with one attached hydrogen (secondary N) is 2. The van der Waals surface area contributed by atoms with Crippen LogP contribution in [0, 0.1) is 0 Å². The van der Waals surface area contributed by atoms with Crippen molar-refractivity contribution in [2.45, 2.75) is 20.0 Å². The first-order chi connectivity index (χ1) is 15.3. The molecule has 32 heavy (non-hydrogen) atoms. The number of amides is 1. The molecule has 172 valence electrons. The van der Waals surface area contributed by atoms with E-state index < -0.39 is 11.2 Å². The van der Waals surface area contributed by atoms with E-state index in [0.717, 1.165) is 0 Å². The van der Waals surface area contributed by atoms with Gasteiger partial charge in [-0.15, -0.1) is 11.3 Å². The lowest BCUT2D eigenvalue weighted by Crippen LogP contribution is -2.16. The van der Waals surface area contributed by atoms with Crippen molar-refractivity contribution >= 4 is 28.6 Å². The van der Waals surface area contributed by atoms with Crippen molar-refractivity contribution in [3.05, 3.63) is 58.4 Å². The fourth-order valence-corrected chi connectivity index (χ4v) is 3.34. The summed E-state index contributed by atoms with van der Waals surface area (Å²) in [4.78, 5) is 16.3. The molecule has 0 saturated heterocycles. The molecule has 3 N–H and O–H groups in total. The summed E-state index contributed by atoms with van der Waals surface area (Å²) in [7, 11) is 1.51. The number of aromatic nitrogens is 1. The quantitative estimate of drug-likeness (QED) is 0.426. The third-order valence-electron chi connectivity index (χ3n) is 4.08. The highest BCUT2D eigenvalue weighted by atomic mass is 32.1. The fraction of sp³-hybridized carbons (Fsp3) is 0.273. The smallest absolute Gasteiger partial charge is 0.443 e. The molecule has 3 aromatic rings. The number of alkyl halides is 3. The first kappa shape index (κ1) is 25.2. The number of benzene rings is 2. The molecule has 3 rings (SSSR count). The summed E-state index contributed by atoms with van der Waals surface area (Å²) < 4.78 is 43.3. The zero-order valence-electron chi connectivity index (χ0n) is 17.8. The lowest BCUT2D eigenvalue weighted by Gasteiger charge is -2.13. The molecule has 0 fully saturated rings. The Morgan fingerprint density at radius 2 is 1.84 bits per heavy atom. The Hall–Kier alpha value is -3.11. The number of carbonyl (C=O) groups excluding carboxylic acids is 1. The van der Waals surface area contributed by atoms with Gasteiger partial charge in [-0.2, -0.15) is 13.2 Å². The second kappa shape index (κ2) is 11.5. The molecule has 0 atom stereocenters. The van der Waals surface area contributed by atoms with Gasteiger partial charge in [0.05, 0.1) is 30.7 Å². The monoisotopic (exact) mass is 467 g/mol. The van der Waals surface area contributed by atoms with Gasteiger partial charge in [-0.1, -0.05) is 26.0 Å². The van der Waals surface area contributed by atoms with E-state index >= 15 is 0 Å². The van der Waals surface area contributed by atoms with Gasteiger partial charge in [0.15, 0.2) is 5.01 Å². The van der Waals surface area contributed by atoms with Crippen LogP contribution in [0.4, 0.5) is 24.5 Å². The van der Waals surface area contributed by atoms with Crippen molar-refractivity contribution in [1.82, 2.24) is 4.98 Å². The maximum Gasteiger partial charge on any atom is 0.443 e. The Morgan fingerprint density at radius 1 is 1.16 bits per heavy atom. The van der Waals surface area contributed by atoms with Gasteiger partial charge in [0.1, 0.15) is 5.75 Å². The van der Waals surface area contributed by atoms with Gasteiger partial charge in [-0.25, -0.2) is 4.98 Å². The molecule has 0 bridgehead atoms. The largest absolute Gasteiger partial charge is 0.497 e. The van der Waals surface area contributed by atoms with Gasteiger partial charge in [0.25, 0.3) is 5.91 Å². The highest BCUT2D eigenvalue weighted by Crippen LogP contribution is 2.34. The zero-order valence-corrected chi connectivity index (χ0v) is 18.6. The molecule has 0 radical (unpaired) electrons. The molecule has 0 aliphatic carbocycles. The van der Waals surface area contributed by atoms with Crippen molar-refractivity contribution in [2.24, 2.45) is 0 Å². The minimum atomic E-state index is -4.48. The summed E-state index contributed by atoms with van der Waals surface area (Å²) in [5.41, 5.74) is 2.05. The van der Waals surface area contributed by atoms with Crippen LogP contribution in [0.2, 0.25) is 0 Å². The molecule has 10 heteroatoms. The number of carbonyl (C=O) groups is 1. The maximum absolute atomic E-state index is 12.7. The number of methoxy groups -OCH3 is 1. The molecular weight excluding hydrogens is 443 g/mol.